The summed E-state index contributed by atoms with van der Waals surface area (Å²) in [6.07, 6.45) is 7.14. The highest BCUT2D eigenvalue weighted by molar-refractivity contribution is 5.30. The van der Waals surface area contributed by atoms with Gasteiger partial charge in [-0.25, -0.2) is 9.97 Å². The minimum atomic E-state index is 0.00736. The van der Waals surface area contributed by atoms with Crippen LogP contribution in [0.3, 0.4) is 0 Å². The van der Waals surface area contributed by atoms with Crippen LogP contribution in [0.5, 0.6) is 0 Å². The Bertz CT molecular complexity index is 295. The molecule has 0 unspecified atom stereocenters. The molecule has 4 heteroatoms. The van der Waals surface area contributed by atoms with E-state index < -0.39 is 0 Å². The normalized spacial score (nSPS) is 16.4. The second kappa shape index (κ2) is 3.92. The van der Waals surface area contributed by atoms with Gasteiger partial charge in [0.05, 0.1) is 6.61 Å². The fourth-order valence-electron chi connectivity index (χ4n) is 1.55. The molecule has 76 valence electrons. The number of hydrogen-bond donors (Lipinski definition) is 1. The van der Waals surface area contributed by atoms with Crippen molar-refractivity contribution in [3.8, 4) is 0 Å². The minimum Gasteiger partial charge on any atom is -0.392 e. The molecule has 0 atom stereocenters. The van der Waals surface area contributed by atoms with Crippen molar-refractivity contribution in [2.24, 2.45) is 0 Å². The molecule has 1 aliphatic carbocycles. The quantitative estimate of drug-likeness (QED) is 0.776. The molecule has 2 rings (SSSR count). The third-order valence-electron chi connectivity index (χ3n) is 2.81. The summed E-state index contributed by atoms with van der Waals surface area (Å²) >= 11 is 0. The fourth-order valence-corrected chi connectivity index (χ4v) is 1.55. The third-order valence-corrected chi connectivity index (χ3v) is 2.81. The first-order valence-electron chi connectivity index (χ1n) is 4.96. The van der Waals surface area contributed by atoms with Crippen LogP contribution in [0, 0.1) is 0 Å². The maximum absolute atomic E-state index is 8.84. The first-order valence-corrected chi connectivity index (χ1v) is 4.96. The van der Waals surface area contributed by atoms with Crippen molar-refractivity contribution in [3.05, 3.63) is 18.0 Å². The molecule has 0 aliphatic heterocycles. The number of aliphatic hydroxyl groups excluding tert-OH is 1. The van der Waals surface area contributed by atoms with Gasteiger partial charge < -0.3 is 10.0 Å². The Labute approximate surface area is 83.6 Å². The van der Waals surface area contributed by atoms with Crippen LogP contribution < -0.4 is 4.90 Å². The molecule has 1 aliphatic rings. The average Bonchev–Trinajstić information content (AvgIpc) is 2.15. The number of hydrogen-bond acceptors (Lipinski definition) is 4. The van der Waals surface area contributed by atoms with Crippen LogP contribution in [-0.4, -0.2) is 28.2 Å². The lowest BCUT2D eigenvalue weighted by Crippen LogP contribution is -2.38. The van der Waals surface area contributed by atoms with E-state index in [1.807, 2.05) is 7.05 Å². The molecular weight excluding hydrogens is 178 g/mol. The molecule has 1 fully saturated rings. The Kier molecular flexibility index (Phi) is 2.63. The van der Waals surface area contributed by atoms with Gasteiger partial charge in [-0.15, -0.1) is 0 Å². The summed E-state index contributed by atoms with van der Waals surface area (Å²) < 4.78 is 0. The van der Waals surface area contributed by atoms with Gasteiger partial charge in [0.15, 0.2) is 0 Å². The second-order valence-electron chi connectivity index (χ2n) is 3.75. The smallest absolute Gasteiger partial charge is 0.225 e. The van der Waals surface area contributed by atoms with Gasteiger partial charge in [-0.3, -0.25) is 0 Å². The van der Waals surface area contributed by atoms with E-state index in [0.717, 1.165) is 11.5 Å². The minimum absolute atomic E-state index is 0.00736. The molecule has 0 aromatic carbocycles. The van der Waals surface area contributed by atoms with E-state index in [-0.39, 0.29) is 6.61 Å². The largest absolute Gasteiger partial charge is 0.392 e. The zero-order valence-corrected chi connectivity index (χ0v) is 8.35. The summed E-state index contributed by atoms with van der Waals surface area (Å²) in [5.74, 6) is 0.756. The molecule has 4 nitrogen and oxygen atoms in total. The van der Waals surface area contributed by atoms with Crippen LogP contribution in [0.2, 0.25) is 0 Å². The maximum Gasteiger partial charge on any atom is 0.225 e. The van der Waals surface area contributed by atoms with Gasteiger partial charge in [-0.1, -0.05) is 0 Å². The Morgan fingerprint density at radius 2 is 2.07 bits per heavy atom. The molecule has 0 radical (unpaired) electrons. The van der Waals surface area contributed by atoms with E-state index in [4.69, 9.17) is 5.11 Å². The molecule has 1 aromatic rings. The number of aromatic nitrogens is 2. The summed E-state index contributed by atoms with van der Waals surface area (Å²) in [5, 5.41) is 8.84. The lowest BCUT2D eigenvalue weighted by molar-refractivity contribution is 0.281. The Hall–Kier alpha value is -1.16. The van der Waals surface area contributed by atoms with Crippen molar-refractivity contribution >= 4 is 5.95 Å². The summed E-state index contributed by atoms with van der Waals surface area (Å²) in [5.41, 5.74) is 0.760. The van der Waals surface area contributed by atoms with E-state index in [0.29, 0.717) is 6.04 Å². The van der Waals surface area contributed by atoms with Crippen molar-refractivity contribution in [3.63, 3.8) is 0 Å². The van der Waals surface area contributed by atoms with Crippen LogP contribution in [0.1, 0.15) is 24.8 Å². The summed E-state index contributed by atoms with van der Waals surface area (Å²) in [6, 6.07) is 0.606. The van der Waals surface area contributed by atoms with Crippen molar-refractivity contribution in [1.82, 2.24) is 9.97 Å². The highest BCUT2D eigenvalue weighted by Crippen LogP contribution is 2.25. The molecule has 0 bridgehead atoms. The summed E-state index contributed by atoms with van der Waals surface area (Å²) in [6.45, 7) is 0.00736. The lowest BCUT2D eigenvalue weighted by atomic mass is 9.92. The van der Waals surface area contributed by atoms with Gasteiger partial charge in [0.25, 0.3) is 0 Å². The van der Waals surface area contributed by atoms with Gasteiger partial charge in [0.1, 0.15) is 0 Å². The fraction of sp³-hybridized carbons (Fsp3) is 0.600. The van der Waals surface area contributed by atoms with Gasteiger partial charge in [0, 0.05) is 31.0 Å². The first kappa shape index (κ1) is 9.40. The second-order valence-corrected chi connectivity index (χ2v) is 3.75. The summed E-state index contributed by atoms with van der Waals surface area (Å²) in [7, 11) is 2.03. The number of nitrogens with zero attached hydrogens (tertiary/aromatic N) is 3. The Morgan fingerprint density at radius 3 is 2.50 bits per heavy atom. The SMILES string of the molecule is CN(c1ncc(CO)cn1)C1CCC1. The predicted octanol–water partition coefficient (Wildman–Crippen LogP) is 0.958. The van der Waals surface area contributed by atoms with Gasteiger partial charge >= 0.3 is 0 Å². The number of rotatable bonds is 3. The van der Waals surface area contributed by atoms with Gasteiger partial charge in [-0.05, 0) is 19.3 Å². The standard InChI is InChI=1S/C10H15N3O/c1-13(9-3-2-4-9)10-11-5-8(7-14)6-12-10/h5-6,9,14H,2-4,7H2,1H3. The highest BCUT2D eigenvalue weighted by Gasteiger charge is 2.23. The molecular formula is C10H15N3O. The Balaban J connectivity index is 2.07. The molecule has 14 heavy (non-hydrogen) atoms. The van der Waals surface area contributed by atoms with E-state index in [2.05, 4.69) is 14.9 Å². The van der Waals surface area contributed by atoms with Crippen LogP contribution in [0.15, 0.2) is 12.4 Å². The molecule has 1 heterocycles. The maximum atomic E-state index is 8.84. The molecule has 0 amide bonds. The monoisotopic (exact) mass is 193 g/mol. The third kappa shape index (κ3) is 1.70. The molecule has 1 N–H and O–H groups in total. The predicted molar refractivity (Wildman–Crippen MR) is 54.0 cm³/mol. The van der Waals surface area contributed by atoms with Gasteiger partial charge in [-0.2, -0.15) is 0 Å². The van der Waals surface area contributed by atoms with E-state index in [1.165, 1.54) is 19.3 Å². The van der Waals surface area contributed by atoms with Crippen LogP contribution >= 0.6 is 0 Å². The summed E-state index contributed by atoms with van der Waals surface area (Å²) in [4.78, 5) is 10.5. The van der Waals surface area contributed by atoms with Crippen LogP contribution in [0.25, 0.3) is 0 Å². The van der Waals surface area contributed by atoms with Crippen LogP contribution in [0.4, 0.5) is 5.95 Å². The zero-order chi connectivity index (χ0) is 9.97. The van der Waals surface area contributed by atoms with Gasteiger partial charge in [0.2, 0.25) is 5.95 Å². The average molecular weight is 193 g/mol. The van der Waals surface area contributed by atoms with E-state index >= 15 is 0 Å². The molecule has 1 aromatic heterocycles. The molecule has 1 saturated carbocycles. The number of aliphatic hydroxyl groups is 1. The first-order chi connectivity index (χ1) is 6.81. The van der Waals surface area contributed by atoms with Crippen molar-refractivity contribution in [2.45, 2.75) is 31.9 Å². The van der Waals surface area contributed by atoms with E-state index in [1.54, 1.807) is 12.4 Å². The number of anilines is 1. The lowest BCUT2D eigenvalue weighted by Gasteiger charge is -2.34. The zero-order valence-electron chi connectivity index (χ0n) is 8.35. The molecule has 0 spiro atoms. The molecule has 0 saturated heterocycles. The highest BCUT2D eigenvalue weighted by atomic mass is 16.3. The van der Waals surface area contributed by atoms with Crippen molar-refractivity contribution < 1.29 is 5.11 Å². The Morgan fingerprint density at radius 1 is 1.43 bits per heavy atom. The van der Waals surface area contributed by atoms with Crippen molar-refractivity contribution in [2.75, 3.05) is 11.9 Å². The topological polar surface area (TPSA) is 49.2 Å². The van der Waals surface area contributed by atoms with Crippen molar-refractivity contribution in [1.29, 1.82) is 0 Å². The van der Waals surface area contributed by atoms with E-state index in [9.17, 15) is 0 Å². The van der Waals surface area contributed by atoms with Crippen LogP contribution in [-0.2, 0) is 6.61 Å².